The van der Waals surface area contributed by atoms with E-state index in [1.165, 1.54) is 35.4 Å². The molecule has 1 aliphatic carbocycles. The Hall–Kier alpha value is -2.14. The van der Waals surface area contributed by atoms with Gasteiger partial charge in [0.1, 0.15) is 6.29 Å². The van der Waals surface area contributed by atoms with Gasteiger partial charge in [0.2, 0.25) is 0 Å². The van der Waals surface area contributed by atoms with E-state index >= 15 is 0 Å². The summed E-state index contributed by atoms with van der Waals surface area (Å²) in [7, 11) is 0. The first kappa shape index (κ1) is 13.8. The Morgan fingerprint density at radius 3 is 2.67 bits per heavy atom. The minimum atomic E-state index is -0.442. The van der Waals surface area contributed by atoms with Crippen molar-refractivity contribution in [2.45, 2.75) is 29.1 Å². The molecule has 0 fully saturated rings. The molecule has 2 aromatic rings. The molecule has 0 bridgehead atoms. The Labute approximate surface area is 126 Å². The third-order valence-corrected chi connectivity index (χ3v) is 4.67. The number of nitro groups is 1. The lowest BCUT2D eigenvalue weighted by Crippen LogP contribution is -1.93. The van der Waals surface area contributed by atoms with Gasteiger partial charge in [-0.2, -0.15) is 0 Å². The SMILES string of the molecule is O=Cc1ccc(Sc2ccc3c(c2)CCC3)c([N+](=O)[O-])c1. The summed E-state index contributed by atoms with van der Waals surface area (Å²) in [6, 6.07) is 10.8. The summed E-state index contributed by atoms with van der Waals surface area (Å²) in [5.74, 6) is 0. The van der Waals surface area contributed by atoms with E-state index in [9.17, 15) is 14.9 Å². The minimum Gasteiger partial charge on any atom is -0.298 e. The summed E-state index contributed by atoms with van der Waals surface area (Å²) >= 11 is 1.37. The molecule has 4 nitrogen and oxygen atoms in total. The van der Waals surface area contributed by atoms with Gasteiger partial charge in [0.25, 0.3) is 5.69 Å². The fourth-order valence-electron chi connectivity index (χ4n) is 2.58. The second kappa shape index (κ2) is 5.69. The first-order chi connectivity index (χ1) is 10.2. The number of nitro benzene ring substituents is 1. The zero-order valence-corrected chi connectivity index (χ0v) is 12.1. The van der Waals surface area contributed by atoms with Crippen molar-refractivity contribution in [3.8, 4) is 0 Å². The van der Waals surface area contributed by atoms with Crippen molar-refractivity contribution in [2.24, 2.45) is 0 Å². The van der Waals surface area contributed by atoms with Gasteiger partial charge in [-0.15, -0.1) is 0 Å². The van der Waals surface area contributed by atoms with Crippen molar-refractivity contribution in [3.05, 3.63) is 63.2 Å². The molecule has 2 aromatic carbocycles. The van der Waals surface area contributed by atoms with Gasteiger partial charge in [-0.25, -0.2) is 0 Å². The highest BCUT2D eigenvalue weighted by Crippen LogP contribution is 2.37. The number of carbonyl (C=O) groups is 1. The van der Waals surface area contributed by atoms with Gasteiger partial charge in [-0.05, 0) is 48.6 Å². The van der Waals surface area contributed by atoms with Crippen LogP contribution in [0.25, 0.3) is 0 Å². The summed E-state index contributed by atoms with van der Waals surface area (Å²) in [6.45, 7) is 0. The van der Waals surface area contributed by atoms with Crippen molar-refractivity contribution >= 4 is 23.7 Å². The van der Waals surface area contributed by atoms with Crippen LogP contribution in [0.15, 0.2) is 46.2 Å². The lowest BCUT2D eigenvalue weighted by Gasteiger charge is -2.06. The number of benzene rings is 2. The lowest BCUT2D eigenvalue weighted by molar-refractivity contribution is -0.387. The average molecular weight is 299 g/mol. The first-order valence-corrected chi connectivity index (χ1v) is 7.52. The van der Waals surface area contributed by atoms with Crippen LogP contribution in [0.4, 0.5) is 5.69 Å². The maximum Gasteiger partial charge on any atom is 0.283 e. The summed E-state index contributed by atoms with van der Waals surface area (Å²) in [5, 5.41) is 11.1. The second-order valence-corrected chi connectivity index (χ2v) is 6.10. The fraction of sp³-hybridized carbons (Fsp3) is 0.188. The van der Waals surface area contributed by atoms with Crippen molar-refractivity contribution in [1.82, 2.24) is 0 Å². The van der Waals surface area contributed by atoms with Crippen molar-refractivity contribution < 1.29 is 9.72 Å². The molecule has 5 heteroatoms. The van der Waals surface area contributed by atoms with Crippen molar-refractivity contribution in [2.75, 3.05) is 0 Å². The molecule has 0 aliphatic heterocycles. The fourth-order valence-corrected chi connectivity index (χ4v) is 3.54. The Morgan fingerprint density at radius 2 is 1.90 bits per heavy atom. The topological polar surface area (TPSA) is 60.2 Å². The molecule has 21 heavy (non-hydrogen) atoms. The molecular weight excluding hydrogens is 286 g/mol. The lowest BCUT2D eigenvalue weighted by atomic mass is 10.1. The van der Waals surface area contributed by atoms with Crippen LogP contribution in [0.1, 0.15) is 27.9 Å². The molecule has 0 spiro atoms. The van der Waals surface area contributed by atoms with Crippen LogP contribution in [-0.2, 0) is 12.8 Å². The molecule has 0 amide bonds. The highest BCUT2D eigenvalue weighted by Gasteiger charge is 2.17. The Morgan fingerprint density at radius 1 is 1.10 bits per heavy atom. The Bertz CT molecular complexity index is 727. The number of carbonyl (C=O) groups excluding carboxylic acids is 1. The number of nitrogens with zero attached hydrogens (tertiary/aromatic N) is 1. The summed E-state index contributed by atoms with van der Waals surface area (Å²) in [5.41, 5.74) is 3.02. The van der Waals surface area contributed by atoms with Crippen LogP contribution in [0, 0.1) is 10.1 Å². The van der Waals surface area contributed by atoms with Crippen LogP contribution in [0.3, 0.4) is 0 Å². The van der Waals surface area contributed by atoms with Gasteiger partial charge in [0.05, 0.1) is 9.82 Å². The normalized spacial score (nSPS) is 13.0. The van der Waals surface area contributed by atoms with Crippen LogP contribution in [-0.4, -0.2) is 11.2 Å². The highest BCUT2D eigenvalue weighted by molar-refractivity contribution is 7.99. The zero-order valence-electron chi connectivity index (χ0n) is 11.2. The van der Waals surface area contributed by atoms with Crippen molar-refractivity contribution in [3.63, 3.8) is 0 Å². The van der Waals surface area contributed by atoms with Crippen LogP contribution in [0.5, 0.6) is 0 Å². The van der Waals surface area contributed by atoms with Gasteiger partial charge < -0.3 is 0 Å². The quantitative estimate of drug-likeness (QED) is 0.485. The number of aryl methyl sites for hydroxylation is 2. The van der Waals surface area contributed by atoms with Gasteiger partial charge in [-0.1, -0.05) is 23.9 Å². The van der Waals surface area contributed by atoms with E-state index in [1.807, 2.05) is 6.07 Å². The highest BCUT2D eigenvalue weighted by atomic mass is 32.2. The summed E-state index contributed by atoms with van der Waals surface area (Å²) < 4.78 is 0. The Kier molecular flexibility index (Phi) is 3.75. The molecule has 3 rings (SSSR count). The molecule has 0 radical (unpaired) electrons. The van der Waals surface area contributed by atoms with E-state index in [0.717, 1.165) is 17.7 Å². The van der Waals surface area contributed by atoms with Crippen LogP contribution >= 0.6 is 11.8 Å². The third kappa shape index (κ3) is 2.83. The zero-order chi connectivity index (χ0) is 14.8. The molecule has 0 saturated heterocycles. The molecule has 0 N–H and O–H groups in total. The number of hydrogen-bond donors (Lipinski definition) is 0. The van der Waals surface area contributed by atoms with Gasteiger partial charge >= 0.3 is 0 Å². The van der Waals surface area contributed by atoms with Crippen LogP contribution < -0.4 is 0 Å². The molecule has 0 atom stereocenters. The molecule has 0 heterocycles. The van der Waals surface area contributed by atoms with Gasteiger partial charge in [-0.3, -0.25) is 14.9 Å². The molecular formula is C16H13NO3S. The average Bonchev–Trinajstić information content (AvgIpc) is 2.95. The number of aldehydes is 1. The standard InChI is InChI=1S/C16H13NO3S/c18-10-11-4-7-16(15(8-11)17(19)20)21-14-6-5-12-2-1-3-13(12)9-14/h4-10H,1-3H2. The monoisotopic (exact) mass is 299 g/mol. The predicted molar refractivity (Wildman–Crippen MR) is 81.1 cm³/mol. The van der Waals surface area contributed by atoms with E-state index in [1.54, 1.807) is 12.1 Å². The predicted octanol–water partition coefficient (Wildman–Crippen LogP) is 4.05. The maximum absolute atomic E-state index is 11.1. The molecule has 1 aliphatic rings. The first-order valence-electron chi connectivity index (χ1n) is 6.70. The number of rotatable bonds is 4. The maximum atomic E-state index is 11.1. The van der Waals surface area contributed by atoms with Crippen molar-refractivity contribution in [1.29, 1.82) is 0 Å². The largest absolute Gasteiger partial charge is 0.298 e. The molecule has 106 valence electrons. The van der Waals surface area contributed by atoms with E-state index in [4.69, 9.17) is 0 Å². The van der Waals surface area contributed by atoms with E-state index in [-0.39, 0.29) is 5.69 Å². The van der Waals surface area contributed by atoms with Gasteiger partial charge in [0, 0.05) is 16.5 Å². The summed E-state index contributed by atoms with van der Waals surface area (Å²) in [6.07, 6.45) is 4.00. The van der Waals surface area contributed by atoms with Gasteiger partial charge in [0.15, 0.2) is 0 Å². The minimum absolute atomic E-state index is 0.0231. The number of fused-ring (bicyclic) bond motifs is 1. The van der Waals surface area contributed by atoms with E-state index < -0.39 is 4.92 Å². The molecule has 0 unspecified atom stereocenters. The third-order valence-electron chi connectivity index (χ3n) is 3.61. The Balaban J connectivity index is 1.94. The van der Waals surface area contributed by atoms with E-state index in [0.29, 0.717) is 16.7 Å². The smallest absolute Gasteiger partial charge is 0.283 e. The van der Waals surface area contributed by atoms with Crippen LogP contribution in [0.2, 0.25) is 0 Å². The van der Waals surface area contributed by atoms with E-state index in [2.05, 4.69) is 12.1 Å². The second-order valence-electron chi connectivity index (χ2n) is 4.99. The molecule has 0 aromatic heterocycles. The molecule has 0 saturated carbocycles. The number of hydrogen-bond acceptors (Lipinski definition) is 4. The summed E-state index contributed by atoms with van der Waals surface area (Å²) in [4.78, 5) is 23.0.